The molecular weight excluding hydrogens is 192 g/mol. The molecule has 0 bridgehead atoms. The third kappa shape index (κ3) is 6.89. The Morgan fingerprint density at radius 3 is 2.80 bits per heavy atom. The van der Waals surface area contributed by atoms with Gasteiger partial charge in [0.2, 0.25) is 5.91 Å². The summed E-state index contributed by atoms with van der Waals surface area (Å²) in [6, 6.07) is 2.42. The minimum absolute atomic E-state index is 0.122. The van der Waals surface area contributed by atoms with Crippen LogP contribution in [0.3, 0.4) is 0 Å². The Bertz CT molecular complexity index is 224. The minimum atomic E-state index is -0.122. The predicted octanol–water partition coefficient (Wildman–Crippen LogP) is 0.381. The van der Waals surface area contributed by atoms with E-state index in [-0.39, 0.29) is 11.9 Å². The zero-order valence-electron chi connectivity index (χ0n) is 9.49. The van der Waals surface area contributed by atoms with Crippen molar-refractivity contribution in [1.29, 1.82) is 5.26 Å². The fourth-order valence-corrected chi connectivity index (χ4v) is 1.23. The molecule has 0 spiro atoms. The maximum absolute atomic E-state index is 10.8. The summed E-state index contributed by atoms with van der Waals surface area (Å²) in [5.41, 5.74) is 2.10. The normalized spacial score (nSPS) is 12.2. The third-order valence-electron chi connectivity index (χ3n) is 2.46. The van der Waals surface area contributed by atoms with Gasteiger partial charge in [-0.25, -0.2) is 5.84 Å². The number of nitrogens with zero attached hydrogens (tertiary/aromatic N) is 2. The second-order valence-corrected chi connectivity index (χ2v) is 3.72. The van der Waals surface area contributed by atoms with Crippen LogP contribution in [0.4, 0.5) is 0 Å². The van der Waals surface area contributed by atoms with E-state index >= 15 is 0 Å². The van der Waals surface area contributed by atoms with E-state index < -0.39 is 0 Å². The van der Waals surface area contributed by atoms with Crippen molar-refractivity contribution in [3.05, 3.63) is 0 Å². The monoisotopic (exact) mass is 212 g/mol. The number of hydrogen-bond acceptors (Lipinski definition) is 4. The van der Waals surface area contributed by atoms with Crippen molar-refractivity contribution in [1.82, 2.24) is 10.3 Å². The Kier molecular flexibility index (Phi) is 7.60. The lowest BCUT2D eigenvalue weighted by Crippen LogP contribution is -2.31. The molecular formula is C10H20N4O. The predicted molar refractivity (Wildman–Crippen MR) is 58.5 cm³/mol. The Labute approximate surface area is 91.2 Å². The zero-order chi connectivity index (χ0) is 11.7. The summed E-state index contributed by atoms with van der Waals surface area (Å²) >= 11 is 0. The molecule has 0 aromatic rings. The van der Waals surface area contributed by atoms with Crippen molar-refractivity contribution in [2.75, 3.05) is 13.6 Å². The van der Waals surface area contributed by atoms with Gasteiger partial charge in [-0.3, -0.25) is 10.2 Å². The molecule has 0 heterocycles. The summed E-state index contributed by atoms with van der Waals surface area (Å²) in [5.74, 6) is 4.83. The van der Waals surface area contributed by atoms with Gasteiger partial charge >= 0.3 is 0 Å². The summed E-state index contributed by atoms with van der Waals surface area (Å²) < 4.78 is 0. The largest absolute Gasteiger partial charge is 0.303 e. The van der Waals surface area contributed by atoms with E-state index in [0.29, 0.717) is 12.8 Å². The molecule has 0 aromatic heterocycles. The summed E-state index contributed by atoms with van der Waals surface area (Å²) in [6.45, 7) is 2.93. The zero-order valence-corrected chi connectivity index (χ0v) is 9.49. The molecule has 5 nitrogen and oxygen atoms in total. The first-order chi connectivity index (χ1) is 7.11. The molecule has 5 heteroatoms. The van der Waals surface area contributed by atoms with Gasteiger partial charge < -0.3 is 4.90 Å². The molecule has 1 unspecified atom stereocenters. The average molecular weight is 212 g/mol. The van der Waals surface area contributed by atoms with Crippen LogP contribution in [0.2, 0.25) is 0 Å². The fraction of sp³-hybridized carbons (Fsp3) is 0.800. The second-order valence-electron chi connectivity index (χ2n) is 3.72. The molecule has 1 atom stereocenters. The van der Waals surface area contributed by atoms with Crippen LogP contribution in [-0.2, 0) is 4.79 Å². The van der Waals surface area contributed by atoms with E-state index in [0.717, 1.165) is 19.4 Å². The lowest BCUT2D eigenvalue weighted by atomic mass is 10.2. The molecule has 1 amide bonds. The van der Waals surface area contributed by atoms with Gasteiger partial charge in [0, 0.05) is 12.5 Å². The number of carbonyl (C=O) groups excluding carboxylic acids is 1. The summed E-state index contributed by atoms with van der Waals surface area (Å²) in [6.07, 6.45) is 2.78. The van der Waals surface area contributed by atoms with Crippen LogP contribution in [0.25, 0.3) is 0 Å². The molecule has 0 aliphatic carbocycles. The standard InChI is InChI=1S/C10H20N4O/c1-9(6-7-11)14(2)8-4-3-5-10(15)13-12/h9H,3-6,8,12H2,1-2H3,(H,13,15). The van der Waals surface area contributed by atoms with Crippen molar-refractivity contribution >= 4 is 5.91 Å². The molecule has 15 heavy (non-hydrogen) atoms. The van der Waals surface area contributed by atoms with Crippen LogP contribution in [0, 0.1) is 11.3 Å². The third-order valence-corrected chi connectivity index (χ3v) is 2.46. The fourth-order valence-electron chi connectivity index (χ4n) is 1.23. The van der Waals surface area contributed by atoms with E-state index in [9.17, 15) is 4.79 Å². The van der Waals surface area contributed by atoms with Crippen molar-refractivity contribution in [2.24, 2.45) is 5.84 Å². The van der Waals surface area contributed by atoms with Crippen molar-refractivity contribution < 1.29 is 4.79 Å². The summed E-state index contributed by atoms with van der Waals surface area (Å²) in [7, 11) is 1.99. The highest BCUT2D eigenvalue weighted by Crippen LogP contribution is 2.03. The van der Waals surface area contributed by atoms with Gasteiger partial charge in [-0.15, -0.1) is 0 Å². The number of nitrogens with two attached hydrogens (primary N) is 1. The van der Waals surface area contributed by atoms with Gasteiger partial charge in [-0.1, -0.05) is 0 Å². The highest BCUT2D eigenvalue weighted by Gasteiger charge is 2.07. The van der Waals surface area contributed by atoms with Gasteiger partial charge in [0.15, 0.2) is 0 Å². The lowest BCUT2D eigenvalue weighted by molar-refractivity contribution is -0.121. The Morgan fingerprint density at radius 1 is 1.60 bits per heavy atom. The first-order valence-electron chi connectivity index (χ1n) is 5.18. The molecule has 3 N–H and O–H groups in total. The molecule has 0 rings (SSSR count). The van der Waals surface area contributed by atoms with Gasteiger partial charge in [0.25, 0.3) is 0 Å². The molecule has 86 valence electrons. The highest BCUT2D eigenvalue weighted by atomic mass is 16.2. The number of rotatable bonds is 7. The SMILES string of the molecule is CC(CC#N)N(C)CCCCC(=O)NN. The first-order valence-corrected chi connectivity index (χ1v) is 5.18. The number of nitriles is 1. The van der Waals surface area contributed by atoms with Crippen molar-refractivity contribution in [3.63, 3.8) is 0 Å². The van der Waals surface area contributed by atoms with Crippen LogP contribution in [0.5, 0.6) is 0 Å². The van der Waals surface area contributed by atoms with Gasteiger partial charge in [-0.2, -0.15) is 5.26 Å². The number of amides is 1. The van der Waals surface area contributed by atoms with E-state index in [1.165, 1.54) is 0 Å². The number of nitrogens with one attached hydrogen (secondary N) is 1. The Hall–Kier alpha value is -1.12. The smallest absolute Gasteiger partial charge is 0.233 e. The highest BCUT2D eigenvalue weighted by molar-refractivity contribution is 5.74. The number of unbranched alkanes of at least 4 members (excludes halogenated alkanes) is 1. The van der Waals surface area contributed by atoms with E-state index in [1.54, 1.807) is 0 Å². The molecule has 0 radical (unpaired) electrons. The van der Waals surface area contributed by atoms with Crippen molar-refractivity contribution in [2.45, 2.75) is 38.6 Å². The minimum Gasteiger partial charge on any atom is -0.303 e. The molecule has 0 saturated heterocycles. The lowest BCUT2D eigenvalue weighted by Gasteiger charge is -2.22. The van der Waals surface area contributed by atoms with Gasteiger partial charge in [-0.05, 0) is 33.4 Å². The maximum Gasteiger partial charge on any atom is 0.233 e. The van der Waals surface area contributed by atoms with Crippen molar-refractivity contribution in [3.8, 4) is 6.07 Å². The van der Waals surface area contributed by atoms with Crippen LogP contribution >= 0.6 is 0 Å². The average Bonchev–Trinajstić information content (AvgIpc) is 2.23. The number of carbonyl (C=O) groups is 1. The van der Waals surface area contributed by atoms with Crippen LogP contribution < -0.4 is 11.3 Å². The van der Waals surface area contributed by atoms with Crippen LogP contribution in [0.1, 0.15) is 32.6 Å². The molecule has 0 fully saturated rings. The molecule has 0 aromatic carbocycles. The number of hydrogen-bond donors (Lipinski definition) is 2. The topological polar surface area (TPSA) is 82.2 Å². The summed E-state index contributed by atoms with van der Waals surface area (Å²) in [5, 5.41) is 8.52. The molecule has 0 saturated carbocycles. The Balaban J connectivity index is 3.51. The molecule has 0 aliphatic heterocycles. The van der Waals surface area contributed by atoms with Gasteiger partial charge in [0.05, 0.1) is 12.5 Å². The van der Waals surface area contributed by atoms with Gasteiger partial charge in [0.1, 0.15) is 0 Å². The Morgan fingerprint density at radius 2 is 2.27 bits per heavy atom. The van der Waals surface area contributed by atoms with Crippen LogP contribution in [0.15, 0.2) is 0 Å². The number of hydrazine groups is 1. The first kappa shape index (κ1) is 13.9. The van der Waals surface area contributed by atoms with E-state index in [1.807, 2.05) is 14.0 Å². The summed E-state index contributed by atoms with van der Waals surface area (Å²) in [4.78, 5) is 12.9. The molecule has 0 aliphatic rings. The van der Waals surface area contributed by atoms with Crippen LogP contribution in [-0.4, -0.2) is 30.4 Å². The quantitative estimate of drug-likeness (QED) is 0.277. The second kappa shape index (κ2) is 8.21. The maximum atomic E-state index is 10.8. The van der Waals surface area contributed by atoms with E-state index in [2.05, 4.69) is 16.4 Å². The van der Waals surface area contributed by atoms with E-state index in [4.69, 9.17) is 11.1 Å².